The van der Waals surface area contributed by atoms with Gasteiger partial charge < -0.3 is 4.74 Å². The first-order valence-electron chi connectivity index (χ1n) is 4.16. The number of rotatable bonds is 4. The van der Waals surface area contributed by atoms with E-state index in [1.54, 1.807) is 7.11 Å². The SMILES string of the molecule is COc1ccccc1N/N=C/C(C)=O. The molecule has 1 aromatic rings. The summed E-state index contributed by atoms with van der Waals surface area (Å²) >= 11 is 0. The van der Waals surface area contributed by atoms with E-state index in [9.17, 15) is 4.79 Å². The Bertz CT molecular complexity index is 348. The summed E-state index contributed by atoms with van der Waals surface area (Å²) in [6, 6.07) is 7.34. The number of methoxy groups -OCH3 is 1. The largest absolute Gasteiger partial charge is 0.495 e. The van der Waals surface area contributed by atoms with E-state index in [4.69, 9.17) is 4.74 Å². The lowest BCUT2D eigenvalue weighted by atomic mass is 10.3. The number of Topliss-reactive ketones (excluding diaryl/α,β-unsaturated/α-hetero) is 1. The number of hydrogen-bond donors (Lipinski definition) is 1. The van der Waals surface area contributed by atoms with Crippen molar-refractivity contribution in [2.75, 3.05) is 12.5 Å². The first-order chi connectivity index (χ1) is 6.74. The molecule has 0 saturated heterocycles. The van der Waals surface area contributed by atoms with E-state index in [0.29, 0.717) is 5.75 Å². The maximum Gasteiger partial charge on any atom is 0.172 e. The molecule has 0 aliphatic rings. The van der Waals surface area contributed by atoms with E-state index in [2.05, 4.69) is 10.5 Å². The van der Waals surface area contributed by atoms with Crippen LogP contribution in [0.3, 0.4) is 0 Å². The number of para-hydroxylation sites is 2. The van der Waals surface area contributed by atoms with Crippen LogP contribution < -0.4 is 10.2 Å². The van der Waals surface area contributed by atoms with Gasteiger partial charge in [0.05, 0.1) is 19.0 Å². The predicted octanol–water partition coefficient (Wildman–Crippen LogP) is 1.68. The molecule has 0 aliphatic carbocycles. The van der Waals surface area contributed by atoms with E-state index >= 15 is 0 Å². The highest BCUT2D eigenvalue weighted by Gasteiger charge is 1.97. The van der Waals surface area contributed by atoms with Gasteiger partial charge in [0.15, 0.2) is 5.78 Å². The third-order valence-electron chi connectivity index (χ3n) is 1.54. The number of hydrazone groups is 1. The molecule has 4 nitrogen and oxygen atoms in total. The smallest absolute Gasteiger partial charge is 0.172 e. The van der Waals surface area contributed by atoms with Gasteiger partial charge in [-0.2, -0.15) is 5.10 Å². The standard InChI is InChI=1S/C10H12N2O2/c1-8(13)7-11-12-9-5-3-4-6-10(9)14-2/h3-7,12H,1-2H3/b11-7+. The third-order valence-corrected chi connectivity index (χ3v) is 1.54. The Morgan fingerprint density at radius 3 is 2.86 bits per heavy atom. The minimum Gasteiger partial charge on any atom is -0.495 e. The van der Waals surface area contributed by atoms with Crippen molar-refractivity contribution >= 4 is 17.7 Å². The minimum atomic E-state index is -0.104. The monoisotopic (exact) mass is 192 g/mol. The van der Waals surface area contributed by atoms with Crippen LogP contribution in [-0.2, 0) is 4.79 Å². The zero-order valence-electron chi connectivity index (χ0n) is 8.15. The molecule has 1 aromatic carbocycles. The lowest BCUT2D eigenvalue weighted by Gasteiger charge is -2.05. The van der Waals surface area contributed by atoms with Gasteiger partial charge in [0, 0.05) is 6.92 Å². The van der Waals surface area contributed by atoms with Crippen LogP contribution in [-0.4, -0.2) is 19.1 Å². The van der Waals surface area contributed by atoms with Gasteiger partial charge in [-0.05, 0) is 12.1 Å². The highest BCUT2D eigenvalue weighted by molar-refractivity contribution is 6.26. The summed E-state index contributed by atoms with van der Waals surface area (Å²) in [7, 11) is 1.58. The van der Waals surface area contributed by atoms with Crippen molar-refractivity contribution in [1.29, 1.82) is 0 Å². The average Bonchev–Trinajstić information content (AvgIpc) is 2.18. The quantitative estimate of drug-likeness (QED) is 0.583. The van der Waals surface area contributed by atoms with Gasteiger partial charge in [0.1, 0.15) is 5.75 Å². The normalized spacial score (nSPS) is 10.1. The molecule has 1 N–H and O–H groups in total. The Morgan fingerprint density at radius 1 is 1.50 bits per heavy atom. The van der Waals surface area contributed by atoms with Crippen LogP contribution in [0.1, 0.15) is 6.92 Å². The maximum absolute atomic E-state index is 10.6. The fraction of sp³-hybridized carbons (Fsp3) is 0.200. The fourth-order valence-corrected chi connectivity index (χ4v) is 0.930. The summed E-state index contributed by atoms with van der Waals surface area (Å²) in [5, 5.41) is 3.75. The summed E-state index contributed by atoms with van der Waals surface area (Å²) < 4.78 is 5.08. The molecule has 0 spiro atoms. The molecule has 0 heterocycles. The van der Waals surface area contributed by atoms with Crippen LogP contribution in [0.5, 0.6) is 5.75 Å². The summed E-state index contributed by atoms with van der Waals surface area (Å²) in [6.07, 6.45) is 1.21. The zero-order chi connectivity index (χ0) is 10.4. The molecule has 0 aliphatic heterocycles. The number of ether oxygens (including phenoxy) is 1. The van der Waals surface area contributed by atoms with Crippen LogP contribution in [0.15, 0.2) is 29.4 Å². The molecule has 0 amide bonds. The predicted molar refractivity (Wildman–Crippen MR) is 55.8 cm³/mol. The number of nitrogens with one attached hydrogen (secondary N) is 1. The highest BCUT2D eigenvalue weighted by Crippen LogP contribution is 2.22. The molecule has 74 valence electrons. The second-order valence-corrected chi connectivity index (χ2v) is 2.68. The number of carbonyl (C=O) groups is 1. The van der Waals surface area contributed by atoms with Gasteiger partial charge >= 0.3 is 0 Å². The van der Waals surface area contributed by atoms with E-state index < -0.39 is 0 Å². The van der Waals surface area contributed by atoms with Gasteiger partial charge in [-0.15, -0.1) is 0 Å². The summed E-state index contributed by atoms with van der Waals surface area (Å²) in [4.78, 5) is 10.6. The van der Waals surface area contributed by atoms with Crippen LogP contribution in [0.25, 0.3) is 0 Å². The van der Waals surface area contributed by atoms with E-state index in [1.807, 2.05) is 24.3 Å². The Hall–Kier alpha value is -1.84. The Balaban J connectivity index is 2.71. The first kappa shape index (κ1) is 10.2. The first-order valence-corrected chi connectivity index (χ1v) is 4.16. The highest BCUT2D eigenvalue weighted by atomic mass is 16.5. The van der Waals surface area contributed by atoms with Crippen molar-refractivity contribution in [3.05, 3.63) is 24.3 Å². The van der Waals surface area contributed by atoms with Gasteiger partial charge in [-0.25, -0.2) is 0 Å². The van der Waals surface area contributed by atoms with E-state index in [0.717, 1.165) is 5.69 Å². The van der Waals surface area contributed by atoms with Crippen LogP contribution >= 0.6 is 0 Å². The Kier molecular flexibility index (Phi) is 3.67. The molecule has 0 fully saturated rings. The Labute approximate surface area is 82.6 Å². The molecule has 0 atom stereocenters. The van der Waals surface area contributed by atoms with Gasteiger partial charge in [0.25, 0.3) is 0 Å². The number of benzene rings is 1. The maximum atomic E-state index is 10.6. The summed E-state index contributed by atoms with van der Waals surface area (Å²) in [5.74, 6) is 0.584. The number of nitrogens with zero attached hydrogens (tertiary/aromatic N) is 1. The molecule has 0 unspecified atom stereocenters. The number of anilines is 1. The molecule has 0 radical (unpaired) electrons. The van der Waals surface area contributed by atoms with Crippen molar-refractivity contribution in [2.24, 2.45) is 5.10 Å². The zero-order valence-corrected chi connectivity index (χ0v) is 8.15. The van der Waals surface area contributed by atoms with Crippen molar-refractivity contribution in [2.45, 2.75) is 6.92 Å². The fourth-order valence-electron chi connectivity index (χ4n) is 0.930. The number of hydrogen-bond acceptors (Lipinski definition) is 4. The third kappa shape index (κ3) is 2.90. The van der Waals surface area contributed by atoms with Gasteiger partial charge in [-0.3, -0.25) is 10.2 Å². The molecule has 0 bridgehead atoms. The topological polar surface area (TPSA) is 50.7 Å². The van der Waals surface area contributed by atoms with Crippen molar-refractivity contribution < 1.29 is 9.53 Å². The van der Waals surface area contributed by atoms with Gasteiger partial charge in [0.2, 0.25) is 0 Å². The lowest BCUT2D eigenvalue weighted by molar-refractivity contribution is -0.110. The molecular weight excluding hydrogens is 180 g/mol. The van der Waals surface area contributed by atoms with Crippen LogP contribution in [0.4, 0.5) is 5.69 Å². The van der Waals surface area contributed by atoms with Crippen molar-refractivity contribution in [3.63, 3.8) is 0 Å². The molecular formula is C10H12N2O2. The molecule has 4 heteroatoms. The number of carbonyl (C=O) groups excluding carboxylic acids is 1. The molecule has 0 saturated carbocycles. The molecule has 1 rings (SSSR count). The average molecular weight is 192 g/mol. The second-order valence-electron chi connectivity index (χ2n) is 2.68. The van der Waals surface area contributed by atoms with Gasteiger partial charge in [-0.1, -0.05) is 12.1 Å². The lowest BCUT2D eigenvalue weighted by Crippen LogP contribution is -1.97. The summed E-state index contributed by atoms with van der Waals surface area (Å²) in [6.45, 7) is 1.44. The molecule has 0 aromatic heterocycles. The van der Waals surface area contributed by atoms with E-state index in [-0.39, 0.29) is 5.78 Å². The second kappa shape index (κ2) is 5.01. The summed E-state index contributed by atoms with van der Waals surface area (Å²) in [5.41, 5.74) is 3.45. The molecule has 14 heavy (non-hydrogen) atoms. The van der Waals surface area contributed by atoms with E-state index in [1.165, 1.54) is 13.1 Å². The van der Waals surface area contributed by atoms with Crippen LogP contribution in [0, 0.1) is 0 Å². The minimum absolute atomic E-state index is 0.104. The van der Waals surface area contributed by atoms with Crippen molar-refractivity contribution in [3.8, 4) is 5.75 Å². The van der Waals surface area contributed by atoms with Crippen LogP contribution in [0.2, 0.25) is 0 Å². The number of ketones is 1. The van der Waals surface area contributed by atoms with Crippen molar-refractivity contribution in [1.82, 2.24) is 0 Å². The Morgan fingerprint density at radius 2 is 2.21 bits per heavy atom.